The Balaban J connectivity index is 2.09. The molecule has 0 aromatic carbocycles. The number of thiophene rings is 1. The number of nitrogens with zero attached hydrogens (tertiary/aromatic N) is 1. The van der Waals surface area contributed by atoms with Crippen molar-refractivity contribution in [3.63, 3.8) is 0 Å². The molecule has 1 heterocycles. The lowest BCUT2D eigenvalue weighted by Crippen LogP contribution is -2.33. The Hall–Kier alpha value is -0.880. The molecule has 1 aromatic heterocycles. The van der Waals surface area contributed by atoms with E-state index in [4.69, 9.17) is 0 Å². The van der Waals surface area contributed by atoms with Gasteiger partial charge in [0.1, 0.15) is 0 Å². The number of carboxylic acids is 1. The zero-order valence-electron chi connectivity index (χ0n) is 11.7. The topological polar surface area (TPSA) is 57.6 Å². The van der Waals surface area contributed by atoms with Crippen molar-refractivity contribution in [3.8, 4) is 0 Å². The third-order valence-corrected chi connectivity index (χ3v) is 5.64. The molecule has 0 bridgehead atoms. The summed E-state index contributed by atoms with van der Waals surface area (Å²) in [5.74, 6) is -1.87. The molecule has 4 nitrogen and oxygen atoms in total. The van der Waals surface area contributed by atoms with Gasteiger partial charge in [0, 0.05) is 11.4 Å². The minimum absolute atomic E-state index is 0.0468. The molecule has 0 radical (unpaired) electrons. The van der Waals surface area contributed by atoms with Crippen LogP contribution >= 0.6 is 27.3 Å². The average Bonchev–Trinajstić information content (AvgIpc) is 2.71. The molecular formula is C14H18BrNO3S. The number of carboxylic acid groups (broad SMARTS) is 1. The number of hydrogen-bond acceptors (Lipinski definition) is 3. The summed E-state index contributed by atoms with van der Waals surface area (Å²) in [5.41, 5.74) is -0.438. The molecule has 6 heteroatoms. The highest BCUT2D eigenvalue weighted by Crippen LogP contribution is 2.59. The Kier molecular flexibility index (Phi) is 4.25. The lowest BCUT2D eigenvalue weighted by atomic mass is 10.1. The van der Waals surface area contributed by atoms with Crippen LogP contribution in [0.3, 0.4) is 0 Å². The standard InChI is InChI=1S/C14H18BrNO3S/c1-4-16(7-8-5-6-9(15)20-8)12(17)10-11(13(18)19)14(10,2)3/h5-6,10-11H,4,7H2,1-3H3,(H,18,19)/t10-,11+/m1/s1. The second-order valence-electron chi connectivity index (χ2n) is 5.67. The van der Waals surface area contributed by atoms with E-state index in [1.807, 2.05) is 32.9 Å². The number of rotatable bonds is 5. The maximum Gasteiger partial charge on any atom is 0.307 e. The number of carbonyl (C=O) groups excluding carboxylic acids is 1. The van der Waals surface area contributed by atoms with Gasteiger partial charge in [0.15, 0.2) is 0 Å². The first-order chi connectivity index (χ1) is 9.28. The van der Waals surface area contributed by atoms with Gasteiger partial charge in [0.2, 0.25) is 5.91 Å². The molecule has 1 N–H and O–H groups in total. The number of aliphatic carboxylic acids is 1. The third-order valence-electron chi connectivity index (χ3n) is 4.03. The first-order valence-corrected chi connectivity index (χ1v) is 8.15. The molecule has 1 aliphatic rings. The minimum Gasteiger partial charge on any atom is -0.481 e. The van der Waals surface area contributed by atoms with Crippen LogP contribution in [-0.2, 0) is 16.1 Å². The van der Waals surface area contributed by atoms with Gasteiger partial charge in [0.25, 0.3) is 0 Å². The van der Waals surface area contributed by atoms with Crippen LogP contribution in [0.15, 0.2) is 15.9 Å². The molecule has 1 amide bonds. The van der Waals surface area contributed by atoms with Crippen LogP contribution < -0.4 is 0 Å². The van der Waals surface area contributed by atoms with Gasteiger partial charge in [-0.1, -0.05) is 13.8 Å². The lowest BCUT2D eigenvalue weighted by molar-refractivity contribution is -0.142. The Labute approximate surface area is 130 Å². The number of hydrogen-bond donors (Lipinski definition) is 1. The molecule has 110 valence electrons. The normalized spacial score (nSPS) is 23.4. The first kappa shape index (κ1) is 15.5. The van der Waals surface area contributed by atoms with Gasteiger partial charge in [-0.2, -0.15) is 0 Å². The lowest BCUT2D eigenvalue weighted by Gasteiger charge is -2.21. The summed E-state index contributed by atoms with van der Waals surface area (Å²) in [7, 11) is 0. The van der Waals surface area contributed by atoms with Crippen molar-refractivity contribution in [2.75, 3.05) is 6.54 Å². The molecule has 1 aromatic rings. The van der Waals surface area contributed by atoms with E-state index in [9.17, 15) is 14.7 Å². The molecular weight excluding hydrogens is 342 g/mol. The Bertz CT molecular complexity index is 540. The Morgan fingerprint density at radius 2 is 2.05 bits per heavy atom. The highest BCUT2D eigenvalue weighted by Gasteiger charge is 2.66. The minimum atomic E-state index is -0.872. The van der Waals surface area contributed by atoms with Gasteiger partial charge in [0.05, 0.1) is 22.2 Å². The maximum atomic E-state index is 12.5. The van der Waals surface area contributed by atoms with Crippen molar-refractivity contribution in [2.24, 2.45) is 17.3 Å². The van der Waals surface area contributed by atoms with Crippen molar-refractivity contribution in [3.05, 3.63) is 20.8 Å². The summed E-state index contributed by atoms with van der Waals surface area (Å²) in [5, 5.41) is 9.18. The monoisotopic (exact) mass is 359 g/mol. The zero-order chi connectivity index (χ0) is 15.1. The fraction of sp³-hybridized carbons (Fsp3) is 0.571. The van der Waals surface area contributed by atoms with E-state index in [1.54, 1.807) is 16.2 Å². The number of halogens is 1. The summed E-state index contributed by atoms with van der Waals surface area (Å²) in [6, 6.07) is 3.94. The zero-order valence-corrected chi connectivity index (χ0v) is 14.1. The van der Waals surface area contributed by atoms with Crippen molar-refractivity contribution < 1.29 is 14.7 Å². The predicted octanol–water partition coefficient (Wildman–Crippen LogP) is 3.22. The van der Waals surface area contributed by atoms with E-state index in [1.165, 1.54) is 0 Å². The predicted molar refractivity (Wildman–Crippen MR) is 81.5 cm³/mol. The maximum absolute atomic E-state index is 12.5. The second kappa shape index (κ2) is 5.48. The fourth-order valence-electron chi connectivity index (χ4n) is 2.73. The molecule has 2 rings (SSSR count). The number of amides is 1. The van der Waals surface area contributed by atoms with Gasteiger partial charge in [-0.25, -0.2) is 0 Å². The van der Waals surface area contributed by atoms with Crippen molar-refractivity contribution in [1.29, 1.82) is 0 Å². The molecule has 0 saturated heterocycles. The van der Waals surface area contributed by atoms with Crippen LogP contribution in [0.2, 0.25) is 0 Å². The van der Waals surface area contributed by atoms with E-state index in [0.717, 1.165) is 8.66 Å². The fourth-order valence-corrected chi connectivity index (χ4v) is 4.23. The van der Waals surface area contributed by atoms with E-state index >= 15 is 0 Å². The highest BCUT2D eigenvalue weighted by molar-refractivity contribution is 9.11. The summed E-state index contributed by atoms with van der Waals surface area (Å²) in [6.07, 6.45) is 0. The average molecular weight is 360 g/mol. The number of carbonyl (C=O) groups is 2. The van der Waals surface area contributed by atoms with Crippen molar-refractivity contribution >= 4 is 39.1 Å². The largest absolute Gasteiger partial charge is 0.481 e. The summed E-state index contributed by atoms with van der Waals surface area (Å²) in [4.78, 5) is 26.6. The highest BCUT2D eigenvalue weighted by atomic mass is 79.9. The molecule has 1 saturated carbocycles. The molecule has 1 fully saturated rings. The van der Waals surface area contributed by atoms with Gasteiger partial charge in [-0.05, 0) is 40.4 Å². The summed E-state index contributed by atoms with van der Waals surface area (Å²) in [6.45, 7) is 6.76. The molecule has 0 unspecified atom stereocenters. The van der Waals surface area contributed by atoms with Crippen LogP contribution in [0.1, 0.15) is 25.6 Å². The van der Waals surface area contributed by atoms with E-state index in [-0.39, 0.29) is 5.91 Å². The van der Waals surface area contributed by atoms with E-state index in [2.05, 4.69) is 15.9 Å². The van der Waals surface area contributed by atoms with Crippen molar-refractivity contribution in [2.45, 2.75) is 27.3 Å². The quantitative estimate of drug-likeness (QED) is 0.877. The van der Waals surface area contributed by atoms with E-state index in [0.29, 0.717) is 13.1 Å². The second-order valence-corrected chi connectivity index (χ2v) is 8.22. The van der Waals surface area contributed by atoms with E-state index < -0.39 is 23.2 Å². The molecule has 1 aliphatic carbocycles. The molecule has 2 atom stereocenters. The van der Waals surface area contributed by atoms with Crippen LogP contribution in [0.5, 0.6) is 0 Å². The smallest absolute Gasteiger partial charge is 0.307 e. The summed E-state index contributed by atoms with van der Waals surface area (Å²) >= 11 is 5.00. The van der Waals surface area contributed by atoms with Gasteiger partial charge in [-0.15, -0.1) is 11.3 Å². The van der Waals surface area contributed by atoms with Gasteiger partial charge < -0.3 is 10.0 Å². The summed E-state index contributed by atoms with van der Waals surface area (Å²) < 4.78 is 1.03. The Morgan fingerprint density at radius 1 is 1.40 bits per heavy atom. The van der Waals surface area contributed by atoms with Gasteiger partial charge >= 0.3 is 5.97 Å². The van der Waals surface area contributed by atoms with Crippen LogP contribution in [0, 0.1) is 17.3 Å². The molecule has 20 heavy (non-hydrogen) atoms. The molecule has 0 aliphatic heterocycles. The first-order valence-electron chi connectivity index (χ1n) is 6.54. The van der Waals surface area contributed by atoms with Crippen LogP contribution in [0.25, 0.3) is 0 Å². The SMILES string of the molecule is CCN(Cc1ccc(Br)s1)C(=O)[C@H]1[C@@H](C(=O)O)C1(C)C. The van der Waals surface area contributed by atoms with Crippen LogP contribution in [-0.4, -0.2) is 28.4 Å². The third kappa shape index (κ3) is 2.76. The van der Waals surface area contributed by atoms with Crippen LogP contribution in [0.4, 0.5) is 0 Å². The Morgan fingerprint density at radius 3 is 2.45 bits per heavy atom. The van der Waals surface area contributed by atoms with Gasteiger partial charge in [-0.3, -0.25) is 9.59 Å². The van der Waals surface area contributed by atoms with Crippen molar-refractivity contribution in [1.82, 2.24) is 4.90 Å². The molecule has 0 spiro atoms.